The lowest BCUT2D eigenvalue weighted by molar-refractivity contribution is 0.833. The fourth-order valence-electron chi connectivity index (χ4n) is 2.27. The molecule has 0 amide bonds. The number of hydrogen-bond donors (Lipinski definition) is 2. The van der Waals surface area contributed by atoms with Crippen LogP contribution in [0.15, 0.2) is 60.0 Å². The molecule has 3 rings (SSSR count). The van der Waals surface area contributed by atoms with Crippen LogP contribution >= 0.6 is 35.6 Å². The Morgan fingerprint density at radius 1 is 1.19 bits per heavy atom. The van der Waals surface area contributed by atoms with E-state index in [2.05, 4.69) is 40.0 Å². The number of rotatable bonds is 6. The lowest BCUT2D eigenvalue weighted by Crippen LogP contribution is -2.27. The van der Waals surface area contributed by atoms with Crippen LogP contribution in [0, 0.1) is 0 Å². The summed E-state index contributed by atoms with van der Waals surface area (Å²) in [6.07, 6.45) is 2.58. The fourth-order valence-corrected chi connectivity index (χ4v) is 3.43. The second-order valence-corrected chi connectivity index (χ2v) is 7.31. The second kappa shape index (κ2) is 9.02. The SMILES string of the molecule is CCc1cccc(NC(=S)Nn2cnnc2SCc2ccc(Cl)cc2)c1. The summed E-state index contributed by atoms with van der Waals surface area (Å²) in [4.78, 5) is 0. The number of halogens is 1. The molecule has 2 aromatic carbocycles. The minimum absolute atomic E-state index is 0.478. The van der Waals surface area contributed by atoms with Gasteiger partial charge in [0.05, 0.1) is 0 Å². The molecule has 0 unspecified atom stereocenters. The lowest BCUT2D eigenvalue weighted by atomic mass is 10.1. The molecule has 0 aliphatic carbocycles. The van der Waals surface area contributed by atoms with Crippen molar-refractivity contribution in [3.63, 3.8) is 0 Å². The van der Waals surface area contributed by atoms with Crippen LogP contribution in [0.5, 0.6) is 0 Å². The van der Waals surface area contributed by atoms with E-state index in [1.54, 1.807) is 22.8 Å². The standard InChI is InChI=1S/C18H18ClN5S2/c1-2-13-4-3-5-16(10-13)21-17(25)23-24-12-20-22-18(24)26-11-14-6-8-15(19)9-7-14/h3-10,12H,2,11H2,1H3,(H2,21,23,25). The summed E-state index contributed by atoms with van der Waals surface area (Å²) < 4.78 is 1.71. The van der Waals surface area contributed by atoms with Gasteiger partial charge in [0.15, 0.2) is 5.11 Å². The molecule has 0 spiro atoms. The van der Waals surface area contributed by atoms with Crippen LogP contribution in [0.25, 0.3) is 0 Å². The van der Waals surface area contributed by atoms with E-state index in [1.165, 1.54) is 5.56 Å². The average Bonchev–Trinajstić information content (AvgIpc) is 3.08. The summed E-state index contributed by atoms with van der Waals surface area (Å²) in [6, 6.07) is 15.9. The number of nitrogens with one attached hydrogen (secondary N) is 2. The van der Waals surface area contributed by atoms with Gasteiger partial charge in [-0.05, 0) is 54.0 Å². The van der Waals surface area contributed by atoms with Gasteiger partial charge in [0, 0.05) is 16.5 Å². The highest BCUT2D eigenvalue weighted by atomic mass is 35.5. The topological polar surface area (TPSA) is 54.8 Å². The van der Waals surface area contributed by atoms with Crippen molar-refractivity contribution in [2.75, 3.05) is 10.7 Å². The number of anilines is 1. The number of aryl methyl sites for hydroxylation is 1. The largest absolute Gasteiger partial charge is 0.331 e. The molecule has 0 saturated carbocycles. The summed E-state index contributed by atoms with van der Waals surface area (Å²) in [5.74, 6) is 0.760. The van der Waals surface area contributed by atoms with E-state index in [0.717, 1.165) is 33.6 Å². The summed E-state index contributed by atoms with van der Waals surface area (Å²) in [6.45, 7) is 2.12. The first-order valence-corrected chi connectivity index (χ1v) is 9.85. The van der Waals surface area contributed by atoms with Crippen LogP contribution in [0.1, 0.15) is 18.1 Å². The first-order valence-electron chi connectivity index (χ1n) is 8.08. The molecule has 3 aromatic rings. The molecule has 0 aliphatic heterocycles. The lowest BCUT2D eigenvalue weighted by Gasteiger charge is -2.13. The van der Waals surface area contributed by atoms with Crippen LogP contribution in [0.2, 0.25) is 5.02 Å². The van der Waals surface area contributed by atoms with Crippen LogP contribution < -0.4 is 10.7 Å². The van der Waals surface area contributed by atoms with Gasteiger partial charge in [0.25, 0.3) is 0 Å². The maximum atomic E-state index is 5.91. The van der Waals surface area contributed by atoms with Gasteiger partial charge in [-0.3, -0.25) is 5.43 Å². The molecule has 26 heavy (non-hydrogen) atoms. The number of benzene rings is 2. The van der Waals surface area contributed by atoms with Gasteiger partial charge in [0.2, 0.25) is 5.16 Å². The summed E-state index contributed by atoms with van der Waals surface area (Å²) >= 11 is 12.9. The first-order chi connectivity index (χ1) is 12.6. The van der Waals surface area contributed by atoms with E-state index >= 15 is 0 Å². The molecule has 134 valence electrons. The fraction of sp³-hybridized carbons (Fsp3) is 0.167. The van der Waals surface area contributed by atoms with Gasteiger partial charge < -0.3 is 5.32 Å². The average molecular weight is 404 g/mol. The highest BCUT2D eigenvalue weighted by Gasteiger charge is 2.07. The van der Waals surface area contributed by atoms with Crippen molar-refractivity contribution >= 4 is 46.4 Å². The van der Waals surface area contributed by atoms with Gasteiger partial charge in [-0.2, -0.15) is 0 Å². The van der Waals surface area contributed by atoms with Crippen LogP contribution in [-0.4, -0.2) is 20.0 Å². The molecule has 0 atom stereocenters. The highest BCUT2D eigenvalue weighted by Crippen LogP contribution is 2.21. The Hall–Kier alpha value is -2.09. The summed E-state index contributed by atoms with van der Waals surface area (Å²) in [7, 11) is 0. The number of nitrogens with zero attached hydrogens (tertiary/aromatic N) is 3. The molecule has 5 nitrogen and oxygen atoms in total. The molecule has 1 aromatic heterocycles. The van der Waals surface area contributed by atoms with Crippen LogP contribution in [0.4, 0.5) is 5.69 Å². The van der Waals surface area contributed by atoms with Gasteiger partial charge in [-0.25, -0.2) is 4.68 Å². The quantitative estimate of drug-likeness (QED) is 0.458. The van der Waals surface area contributed by atoms with E-state index < -0.39 is 0 Å². The Bertz CT molecular complexity index is 879. The predicted octanol–water partition coefficient (Wildman–Crippen LogP) is 4.73. The van der Waals surface area contributed by atoms with Crippen molar-refractivity contribution in [1.82, 2.24) is 14.9 Å². The minimum atomic E-state index is 0.478. The third-order valence-corrected chi connectivity index (χ3v) is 5.07. The molecular formula is C18H18ClN5S2. The first kappa shape index (κ1) is 18.7. The number of aromatic nitrogens is 3. The Morgan fingerprint density at radius 3 is 2.77 bits per heavy atom. The molecule has 0 aliphatic rings. The zero-order chi connectivity index (χ0) is 18.4. The third kappa shape index (κ3) is 5.20. The summed E-state index contributed by atoms with van der Waals surface area (Å²) in [5, 5.41) is 13.2. The normalized spacial score (nSPS) is 10.5. The molecule has 1 heterocycles. The number of thiocarbonyl (C=S) groups is 1. The van der Waals surface area contributed by atoms with Crippen LogP contribution in [0.3, 0.4) is 0 Å². The van der Waals surface area contributed by atoms with Crippen molar-refractivity contribution in [1.29, 1.82) is 0 Å². The van der Waals surface area contributed by atoms with E-state index in [0.29, 0.717) is 5.11 Å². The highest BCUT2D eigenvalue weighted by molar-refractivity contribution is 7.98. The van der Waals surface area contributed by atoms with Gasteiger partial charge in [-0.1, -0.05) is 54.6 Å². The second-order valence-electron chi connectivity index (χ2n) is 5.52. The smallest absolute Gasteiger partial charge is 0.210 e. The maximum absolute atomic E-state index is 5.91. The molecule has 2 N–H and O–H groups in total. The Kier molecular flexibility index (Phi) is 6.49. The van der Waals surface area contributed by atoms with Gasteiger partial charge in [0.1, 0.15) is 6.33 Å². The Balaban J connectivity index is 1.59. The monoisotopic (exact) mass is 403 g/mol. The molecular weight excluding hydrogens is 386 g/mol. The summed E-state index contributed by atoms with van der Waals surface area (Å²) in [5.41, 5.74) is 6.45. The molecule has 0 radical (unpaired) electrons. The van der Waals surface area contributed by atoms with E-state index in [4.69, 9.17) is 23.8 Å². The third-order valence-electron chi connectivity index (χ3n) is 3.61. The Labute approximate surface area is 167 Å². The number of hydrogen-bond acceptors (Lipinski definition) is 4. The van der Waals surface area contributed by atoms with Crippen molar-refractivity contribution < 1.29 is 0 Å². The van der Waals surface area contributed by atoms with E-state index in [1.807, 2.05) is 36.4 Å². The zero-order valence-corrected chi connectivity index (χ0v) is 16.5. The zero-order valence-electron chi connectivity index (χ0n) is 14.1. The van der Waals surface area contributed by atoms with Crippen LogP contribution in [-0.2, 0) is 12.2 Å². The molecule has 0 bridgehead atoms. The van der Waals surface area contributed by atoms with Crippen molar-refractivity contribution in [2.24, 2.45) is 0 Å². The van der Waals surface area contributed by atoms with E-state index in [-0.39, 0.29) is 0 Å². The van der Waals surface area contributed by atoms with Gasteiger partial charge >= 0.3 is 0 Å². The van der Waals surface area contributed by atoms with Crippen molar-refractivity contribution in [3.05, 3.63) is 71.0 Å². The van der Waals surface area contributed by atoms with E-state index in [9.17, 15) is 0 Å². The van der Waals surface area contributed by atoms with Crippen molar-refractivity contribution in [3.8, 4) is 0 Å². The maximum Gasteiger partial charge on any atom is 0.210 e. The van der Waals surface area contributed by atoms with Gasteiger partial charge in [-0.15, -0.1) is 10.2 Å². The Morgan fingerprint density at radius 2 is 2.00 bits per heavy atom. The molecule has 8 heteroatoms. The number of thioether (sulfide) groups is 1. The molecule has 0 saturated heterocycles. The minimum Gasteiger partial charge on any atom is -0.331 e. The molecule has 0 fully saturated rings. The predicted molar refractivity (Wildman–Crippen MR) is 112 cm³/mol. The van der Waals surface area contributed by atoms with Crippen molar-refractivity contribution in [2.45, 2.75) is 24.3 Å².